The first kappa shape index (κ1) is 16.3. The number of benzene rings is 1. The van der Waals surface area contributed by atoms with E-state index in [9.17, 15) is 9.59 Å². The monoisotopic (exact) mass is 305 g/mol. The maximum absolute atomic E-state index is 12.3. The molecule has 1 unspecified atom stereocenters. The van der Waals surface area contributed by atoms with Gasteiger partial charge in [0.1, 0.15) is 11.8 Å². The van der Waals surface area contributed by atoms with Crippen LogP contribution in [0.1, 0.15) is 12.5 Å². The van der Waals surface area contributed by atoms with Gasteiger partial charge >= 0.3 is 0 Å². The lowest BCUT2D eigenvalue weighted by atomic mass is 10.0. The molecule has 22 heavy (non-hydrogen) atoms. The van der Waals surface area contributed by atoms with Crippen molar-refractivity contribution in [2.75, 3.05) is 26.7 Å². The minimum atomic E-state index is -0.572. The first-order chi connectivity index (χ1) is 10.6. The SMILES string of the molecule is COc1cccc(CC(NC(C)=O)C(=O)NCC2CNC2)c1. The van der Waals surface area contributed by atoms with Gasteiger partial charge in [-0.15, -0.1) is 0 Å². The summed E-state index contributed by atoms with van der Waals surface area (Å²) in [5, 5.41) is 8.80. The molecular formula is C16H23N3O3. The molecule has 120 valence electrons. The summed E-state index contributed by atoms with van der Waals surface area (Å²) >= 11 is 0. The fourth-order valence-electron chi connectivity index (χ4n) is 2.35. The van der Waals surface area contributed by atoms with Crippen LogP contribution in [0.5, 0.6) is 5.75 Å². The predicted molar refractivity (Wildman–Crippen MR) is 83.7 cm³/mol. The number of amides is 2. The molecule has 0 aromatic heterocycles. The molecule has 3 N–H and O–H groups in total. The van der Waals surface area contributed by atoms with Crippen molar-refractivity contribution in [3.05, 3.63) is 29.8 Å². The maximum Gasteiger partial charge on any atom is 0.242 e. The number of carbonyl (C=O) groups excluding carboxylic acids is 2. The molecule has 2 rings (SSSR count). The van der Waals surface area contributed by atoms with Gasteiger partial charge in [0, 0.05) is 38.9 Å². The van der Waals surface area contributed by atoms with Crippen LogP contribution in [0, 0.1) is 5.92 Å². The van der Waals surface area contributed by atoms with Crippen molar-refractivity contribution in [2.24, 2.45) is 5.92 Å². The molecule has 2 amide bonds. The fraction of sp³-hybridized carbons (Fsp3) is 0.500. The van der Waals surface area contributed by atoms with Crippen molar-refractivity contribution in [3.8, 4) is 5.75 Å². The number of methoxy groups -OCH3 is 1. The largest absolute Gasteiger partial charge is 0.497 e. The average Bonchev–Trinajstić information content (AvgIpc) is 2.44. The molecule has 1 atom stereocenters. The van der Waals surface area contributed by atoms with E-state index in [1.165, 1.54) is 6.92 Å². The lowest BCUT2D eigenvalue weighted by molar-refractivity contribution is -0.128. The normalized spacial score (nSPS) is 15.5. The summed E-state index contributed by atoms with van der Waals surface area (Å²) in [5.41, 5.74) is 0.943. The Balaban J connectivity index is 1.97. The van der Waals surface area contributed by atoms with Gasteiger partial charge in [-0.2, -0.15) is 0 Å². The molecule has 0 aliphatic carbocycles. The Labute approximate surface area is 130 Å². The third-order valence-electron chi connectivity index (χ3n) is 3.70. The number of rotatable bonds is 7. The van der Waals surface area contributed by atoms with E-state index in [1.54, 1.807) is 7.11 Å². The summed E-state index contributed by atoms with van der Waals surface area (Å²) in [6.45, 7) is 3.92. The second-order valence-corrected chi connectivity index (χ2v) is 5.58. The van der Waals surface area contributed by atoms with E-state index in [0.717, 1.165) is 24.4 Å². The molecule has 1 saturated heterocycles. The number of carbonyl (C=O) groups is 2. The topological polar surface area (TPSA) is 79.5 Å². The smallest absolute Gasteiger partial charge is 0.242 e. The highest BCUT2D eigenvalue weighted by Crippen LogP contribution is 2.14. The summed E-state index contributed by atoms with van der Waals surface area (Å²) in [4.78, 5) is 23.7. The van der Waals surface area contributed by atoms with Crippen LogP contribution < -0.4 is 20.7 Å². The number of nitrogens with one attached hydrogen (secondary N) is 3. The van der Waals surface area contributed by atoms with E-state index in [4.69, 9.17) is 4.74 Å². The molecule has 6 nitrogen and oxygen atoms in total. The molecule has 1 fully saturated rings. The molecule has 1 heterocycles. The van der Waals surface area contributed by atoms with Crippen LogP contribution in [-0.2, 0) is 16.0 Å². The van der Waals surface area contributed by atoms with Crippen molar-refractivity contribution < 1.29 is 14.3 Å². The van der Waals surface area contributed by atoms with E-state index in [1.807, 2.05) is 24.3 Å². The maximum atomic E-state index is 12.3. The van der Waals surface area contributed by atoms with Crippen molar-refractivity contribution >= 4 is 11.8 Å². The summed E-state index contributed by atoms with van der Waals surface area (Å²) in [6.07, 6.45) is 0.436. The van der Waals surface area contributed by atoms with Crippen LogP contribution in [0.4, 0.5) is 0 Å². The molecular weight excluding hydrogens is 282 g/mol. The van der Waals surface area contributed by atoms with Gasteiger partial charge in [-0.1, -0.05) is 12.1 Å². The van der Waals surface area contributed by atoms with Gasteiger partial charge in [-0.3, -0.25) is 9.59 Å². The Morgan fingerprint density at radius 2 is 2.18 bits per heavy atom. The van der Waals surface area contributed by atoms with E-state index in [-0.39, 0.29) is 11.8 Å². The lowest BCUT2D eigenvalue weighted by Gasteiger charge is -2.28. The molecule has 0 saturated carbocycles. The Hall–Kier alpha value is -2.08. The Kier molecular flexibility index (Phi) is 5.77. The predicted octanol–water partition coefficient (Wildman–Crippen LogP) is 0.0780. The highest BCUT2D eigenvalue weighted by atomic mass is 16.5. The van der Waals surface area contributed by atoms with Crippen LogP contribution in [-0.4, -0.2) is 44.6 Å². The molecule has 1 aromatic carbocycles. The van der Waals surface area contributed by atoms with Gasteiger partial charge < -0.3 is 20.7 Å². The Morgan fingerprint density at radius 1 is 1.41 bits per heavy atom. The van der Waals surface area contributed by atoms with Crippen LogP contribution in [0.2, 0.25) is 0 Å². The first-order valence-corrected chi connectivity index (χ1v) is 7.47. The first-order valence-electron chi connectivity index (χ1n) is 7.47. The van der Waals surface area contributed by atoms with Gasteiger partial charge in [0.05, 0.1) is 7.11 Å². The Bertz CT molecular complexity index is 529. The van der Waals surface area contributed by atoms with Crippen molar-refractivity contribution in [1.82, 2.24) is 16.0 Å². The summed E-state index contributed by atoms with van der Waals surface area (Å²) < 4.78 is 5.18. The average molecular weight is 305 g/mol. The van der Waals surface area contributed by atoms with Crippen molar-refractivity contribution in [1.29, 1.82) is 0 Å². The number of ether oxygens (including phenoxy) is 1. The molecule has 6 heteroatoms. The molecule has 0 spiro atoms. The van der Waals surface area contributed by atoms with Gasteiger partial charge in [-0.25, -0.2) is 0 Å². The molecule has 0 radical (unpaired) electrons. The zero-order chi connectivity index (χ0) is 15.9. The quantitative estimate of drug-likeness (QED) is 0.666. The van der Waals surface area contributed by atoms with Gasteiger partial charge in [-0.05, 0) is 17.7 Å². The lowest BCUT2D eigenvalue weighted by Crippen LogP contribution is -2.52. The van der Waals surface area contributed by atoms with Gasteiger partial charge in [0.2, 0.25) is 11.8 Å². The molecule has 1 aliphatic heterocycles. The zero-order valence-electron chi connectivity index (χ0n) is 13.0. The van der Waals surface area contributed by atoms with Crippen LogP contribution in [0.3, 0.4) is 0 Å². The van der Waals surface area contributed by atoms with E-state index in [2.05, 4.69) is 16.0 Å². The summed E-state index contributed by atoms with van der Waals surface area (Å²) in [7, 11) is 1.60. The minimum absolute atomic E-state index is 0.148. The number of hydrogen-bond donors (Lipinski definition) is 3. The van der Waals surface area contributed by atoms with E-state index >= 15 is 0 Å². The van der Waals surface area contributed by atoms with E-state index < -0.39 is 6.04 Å². The molecule has 1 aromatic rings. The third kappa shape index (κ3) is 4.73. The molecule has 1 aliphatic rings. The van der Waals surface area contributed by atoms with Crippen molar-refractivity contribution in [3.63, 3.8) is 0 Å². The zero-order valence-corrected chi connectivity index (χ0v) is 13.0. The fourth-order valence-corrected chi connectivity index (χ4v) is 2.35. The van der Waals surface area contributed by atoms with Crippen LogP contribution >= 0.6 is 0 Å². The Morgan fingerprint density at radius 3 is 2.77 bits per heavy atom. The second-order valence-electron chi connectivity index (χ2n) is 5.58. The summed E-state index contributed by atoms with van der Waals surface area (Å²) in [5.74, 6) is 0.858. The van der Waals surface area contributed by atoms with Gasteiger partial charge in [0.25, 0.3) is 0 Å². The minimum Gasteiger partial charge on any atom is -0.497 e. The van der Waals surface area contributed by atoms with Gasteiger partial charge in [0.15, 0.2) is 0 Å². The highest BCUT2D eigenvalue weighted by Gasteiger charge is 2.23. The standard InChI is InChI=1S/C16H23N3O3/c1-11(20)19-15(16(21)18-10-13-8-17-9-13)7-12-4-3-5-14(6-12)22-2/h3-6,13,15,17H,7-10H2,1-2H3,(H,18,21)(H,19,20). The van der Waals surface area contributed by atoms with Crippen molar-refractivity contribution in [2.45, 2.75) is 19.4 Å². The third-order valence-corrected chi connectivity index (χ3v) is 3.70. The summed E-state index contributed by atoms with van der Waals surface area (Å²) in [6, 6.07) is 6.94. The highest BCUT2D eigenvalue weighted by molar-refractivity contribution is 5.87. The van der Waals surface area contributed by atoms with Crippen LogP contribution in [0.15, 0.2) is 24.3 Å². The number of hydrogen-bond acceptors (Lipinski definition) is 4. The van der Waals surface area contributed by atoms with Crippen LogP contribution in [0.25, 0.3) is 0 Å². The van der Waals surface area contributed by atoms with E-state index in [0.29, 0.717) is 18.9 Å². The molecule has 0 bridgehead atoms. The second kappa shape index (κ2) is 7.79.